The van der Waals surface area contributed by atoms with Crippen LogP contribution in [0.1, 0.15) is 48.8 Å². The molecule has 1 atom stereocenters. The van der Waals surface area contributed by atoms with Gasteiger partial charge in [0.1, 0.15) is 11.8 Å². The van der Waals surface area contributed by atoms with Gasteiger partial charge in [-0.2, -0.15) is 0 Å². The maximum atomic E-state index is 13.9. The summed E-state index contributed by atoms with van der Waals surface area (Å²) in [5, 5.41) is 4.15. The van der Waals surface area contributed by atoms with Crippen LogP contribution >= 0.6 is 35.0 Å². The number of nitrogens with one attached hydrogen (secondary N) is 1. The van der Waals surface area contributed by atoms with Crippen LogP contribution in [0.2, 0.25) is 10.0 Å². The highest BCUT2D eigenvalue weighted by molar-refractivity contribution is 7.99. The van der Waals surface area contributed by atoms with Crippen LogP contribution in [-0.2, 0) is 28.3 Å². The van der Waals surface area contributed by atoms with E-state index in [4.69, 9.17) is 27.9 Å². The van der Waals surface area contributed by atoms with Crippen LogP contribution in [-0.4, -0.2) is 41.7 Å². The molecule has 8 heteroatoms. The Hall–Kier alpha value is -2.67. The number of hydrogen-bond acceptors (Lipinski definition) is 4. The molecule has 0 radical (unpaired) electrons. The lowest BCUT2D eigenvalue weighted by Gasteiger charge is -2.33. The van der Waals surface area contributed by atoms with Crippen molar-refractivity contribution < 1.29 is 14.3 Å². The number of methoxy groups -OCH3 is 1. The van der Waals surface area contributed by atoms with Crippen LogP contribution in [0.5, 0.6) is 5.75 Å². The lowest BCUT2D eigenvalue weighted by Crippen LogP contribution is -2.53. The Bertz CT molecular complexity index is 1250. The normalized spacial score (nSPS) is 14.4. The van der Waals surface area contributed by atoms with E-state index >= 15 is 0 Å². The van der Waals surface area contributed by atoms with Gasteiger partial charge in [-0.1, -0.05) is 91.0 Å². The number of nitrogens with zero attached hydrogens (tertiary/aromatic N) is 1. The van der Waals surface area contributed by atoms with Gasteiger partial charge < -0.3 is 15.0 Å². The molecule has 212 valence electrons. The monoisotopic (exact) mass is 598 g/mol. The third-order valence-electron chi connectivity index (χ3n) is 7.21. The van der Waals surface area contributed by atoms with Crippen LogP contribution in [0, 0.1) is 0 Å². The molecule has 0 heterocycles. The zero-order chi connectivity index (χ0) is 28.3. The zero-order valence-electron chi connectivity index (χ0n) is 22.8. The predicted octanol–water partition coefficient (Wildman–Crippen LogP) is 7.32. The van der Waals surface area contributed by atoms with Crippen LogP contribution < -0.4 is 10.1 Å². The van der Waals surface area contributed by atoms with Crippen molar-refractivity contribution in [1.29, 1.82) is 0 Å². The van der Waals surface area contributed by atoms with Gasteiger partial charge in [-0.25, -0.2) is 0 Å². The van der Waals surface area contributed by atoms with Crippen LogP contribution in [0.15, 0.2) is 72.8 Å². The Morgan fingerprint density at radius 2 is 1.62 bits per heavy atom. The lowest BCUT2D eigenvalue weighted by atomic mass is 9.94. The molecule has 40 heavy (non-hydrogen) atoms. The third-order valence-corrected chi connectivity index (χ3v) is 8.94. The SMILES string of the molecule is COc1ccc(CSCC(=O)N(Cc2ccc(Cl)c(Cl)c2)C(Cc2ccccc2)C(=O)NC2CCCCC2)cc1. The smallest absolute Gasteiger partial charge is 0.243 e. The van der Waals surface area contributed by atoms with Gasteiger partial charge in [0, 0.05) is 24.8 Å². The first-order valence-electron chi connectivity index (χ1n) is 13.7. The minimum absolute atomic E-state index is 0.0932. The molecule has 5 nitrogen and oxygen atoms in total. The standard InChI is InChI=1S/C32H36Cl2N2O3S/c1-39-27-15-12-24(13-16-27)21-40-22-31(37)36(20-25-14-17-28(33)29(34)18-25)30(19-23-8-4-2-5-9-23)32(38)35-26-10-6-3-7-11-26/h2,4-5,8-9,12-18,26,30H,3,6-7,10-11,19-22H2,1H3,(H,35,38). The largest absolute Gasteiger partial charge is 0.497 e. The first kappa shape index (κ1) is 30.3. The summed E-state index contributed by atoms with van der Waals surface area (Å²) in [4.78, 5) is 29.4. The molecule has 1 N–H and O–H groups in total. The van der Waals surface area contributed by atoms with E-state index in [0.29, 0.717) is 22.2 Å². The molecule has 1 fully saturated rings. The van der Waals surface area contributed by atoms with Crippen LogP contribution in [0.25, 0.3) is 0 Å². The molecule has 0 spiro atoms. The summed E-state index contributed by atoms with van der Waals surface area (Å²) in [5.74, 6) is 1.52. The summed E-state index contributed by atoms with van der Waals surface area (Å²) >= 11 is 14.0. The molecular weight excluding hydrogens is 563 g/mol. The molecule has 4 rings (SSSR count). The fourth-order valence-corrected chi connectivity index (χ4v) is 6.19. The summed E-state index contributed by atoms with van der Waals surface area (Å²) in [5.41, 5.74) is 2.93. The summed E-state index contributed by atoms with van der Waals surface area (Å²) < 4.78 is 5.24. The minimum atomic E-state index is -0.659. The van der Waals surface area contributed by atoms with E-state index in [1.54, 1.807) is 24.1 Å². The van der Waals surface area contributed by atoms with Gasteiger partial charge in [0.2, 0.25) is 11.8 Å². The average molecular weight is 600 g/mol. The number of amides is 2. The number of carbonyl (C=O) groups excluding carboxylic acids is 2. The van der Waals surface area contributed by atoms with Crippen molar-refractivity contribution in [1.82, 2.24) is 10.2 Å². The van der Waals surface area contributed by atoms with Crippen molar-refractivity contribution in [3.8, 4) is 5.75 Å². The lowest BCUT2D eigenvalue weighted by molar-refractivity contribution is -0.139. The van der Waals surface area contributed by atoms with Crippen molar-refractivity contribution >= 4 is 46.8 Å². The van der Waals surface area contributed by atoms with Gasteiger partial charge in [-0.3, -0.25) is 9.59 Å². The fourth-order valence-electron chi connectivity index (χ4n) is 4.99. The maximum absolute atomic E-state index is 13.9. The highest BCUT2D eigenvalue weighted by atomic mass is 35.5. The van der Waals surface area contributed by atoms with Crippen molar-refractivity contribution in [2.45, 2.75) is 62.9 Å². The number of benzene rings is 3. The van der Waals surface area contributed by atoms with Crippen molar-refractivity contribution in [2.24, 2.45) is 0 Å². The van der Waals surface area contributed by atoms with Gasteiger partial charge in [-0.15, -0.1) is 11.8 Å². The Kier molecular flexibility index (Phi) is 11.6. The summed E-state index contributed by atoms with van der Waals surface area (Å²) in [7, 11) is 1.64. The molecule has 1 unspecified atom stereocenters. The molecular formula is C32H36Cl2N2O3S. The molecule has 0 aliphatic heterocycles. The van der Waals surface area contributed by atoms with E-state index in [1.165, 1.54) is 18.2 Å². The maximum Gasteiger partial charge on any atom is 0.243 e. The first-order chi connectivity index (χ1) is 19.4. The van der Waals surface area contributed by atoms with Crippen molar-refractivity contribution in [2.75, 3.05) is 12.9 Å². The molecule has 2 amide bonds. The quantitative estimate of drug-likeness (QED) is 0.237. The number of halogens is 2. The van der Waals surface area contributed by atoms with E-state index < -0.39 is 6.04 Å². The van der Waals surface area contributed by atoms with E-state index in [-0.39, 0.29) is 30.2 Å². The second-order valence-electron chi connectivity index (χ2n) is 10.2. The van der Waals surface area contributed by atoms with Crippen molar-refractivity contribution in [3.05, 3.63) is 99.5 Å². The summed E-state index contributed by atoms with van der Waals surface area (Å²) in [6.07, 6.45) is 5.80. The molecule has 1 aliphatic carbocycles. The summed E-state index contributed by atoms with van der Waals surface area (Å²) in [6, 6.07) is 22.6. The number of hydrogen-bond donors (Lipinski definition) is 1. The van der Waals surface area contributed by atoms with Crippen molar-refractivity contribution in [3.63, 3.8) is 0 Å². The van der Waals surface area contributed by atoms with Gasteiger partial charge in [0.15, 0.2) is 0 Å². The van der Waals surface area contributed by atoms with Gasteiger partial charge in [0.25, 0.3) is 0 Å². The Labute approximate surface area is 251 Å². The Morgan fingerprint density at radius 1 is 0.925 bits per heavy atom. The van der Waals surface area contributed by atoms with Crippen LogP contribution in [0.3, 0.4) is 0 Å². The predicted molar refractivity (Wildman–Crippen MR) is 165 cm³/mol. The Balaban J connectivity index is 1.56. The zero-order valence-corrected chi connectivity index (χ0v) is 25.1. The number of ether oxygens (including phenoxy) is 1. The van der Waals surface area contributed by atoms with Crippen LogP contribution in [0.4, 0.5) is 0 Å². The Morgan fingerprint density at radius 3 is 2.30 bits per heavy atom. The molecule has 3 aromatic rings. The molecule has 0 saturated heterocycles. The second kappa shape index (κ2) is 15.4. The minimum Gasteiger partial charge on any atom is -0.497 e. The first-order valence-corrected chi connectivity index (χ1v) is 15.6. The molecule has 0 aromatic heterocycles. The van der Waals surface area contributed by atoms with E-state index in [0.717, 1.165) is 48.1 Å². The van der Waals surface area contributed by atoms with Gasteiger partial charge in [-0.05, 0) is 53.8 Å². The van der Waals surface area contributed by atoms with E-state index in [9.17, 15) is 9.59 Å². The number of rotatable bonds is 12. The second-order valence-corrected chi connectivity index (χ2v) is 12.0. The van der Waals surface area contributed by atoms with Gasteiger partial charge >= 0.3 is 0 Å². The highest BCUT2D eigenvalue weighted by Crippen LogP contribution is 2.26. The topological polar surface area (TPSA) is 58.6 Å². The molecule has 0 bridgehead atoms. The molecule has 1 aliphatic rings. The van der Waals surface area contributed by atoms with Gasteiger partial charge in [0.05, 0.1) is 22.9 Å². The highest BCUT2D eigenvalue weighted by Gasteiger charge is 2.32. The summed E-state index contributed by atoms with van der Waals surface area (Å²) in [6.45, 7) is 0.258. The average Bonchev–Trinajstić information content (AvgIpc) is 2.98. The molecule has 3 aromatic carbocycles. The number of thioether (sulfide) groups is 1. The van der Waals surface area contributed by atoms with E-state index in [2.05, 4.69) is 5.32 Å². The fraction of sp³-hybridized carbons (Fsp3) is 0.375. The molecule has 1 saturated carbocycles. The van der Waals surface area contributed by atoms with E-state index in [1.807, 2.05) is 60.7 Å². The third kappa shape index (κ3) is 8.92. The number of carbonyl (C=O) groups is 2.